The van der Waals surface area contributed by atoms with Crippen LogP contribution >= 0.6 is 0 Å². The minimum Gasteiger partial charge on any atom is -0.389 e. The molecule has 2 aliphatic heterocycles. The van der Waals surface area contributed by atoms with E-state index in [4.69, 9.17) is 0 Å². The lowest BCUT2D eigenvalue weighted by Gasteiger charge is -2.36. The van der Waals surface area contributed by atoms with Crippen molar-refractivity contribution in [3.8, 4) is 0 Å². The minimum atomic E-state index is -0.822. The van der Waals surface area contributed by atoms with E-state index in [0.29, 0.717) is 24.4 Å². The summed E-state index contributed by atoms with van der Waals surface area (Å²) in [4.78, 5) is 26.9. The van der Waals surface area contributed by atoms with E-state index in [0.717, 1.165) is 38.1 Å². The number of hydrogen-bond acceptors (Lipinski definition) is 5. The second-order valence-corrected chi connectivity index (χ2v) is 7.46. The molecule has 1 saturated heterocycles. The van der Waals surface area contributed by atoms with Gasteiger partial charge < -0.3 is 19.9 Å². The van der Waals surface area contributed by atoms with Gasteiger partial charge >= 0.3 is 0 Å². The van der Waals surface area contributed by atoms with Gasteiger partial charge in [-0.05, 0) is 31.4 Å². The van der Waals surface area contributed by atoms with Crippen LogP contribution in [-0.4, -0.2) is 61.8 Å². The molecule has 1 aromatic heterocycles. The zero-order valence-corrected chi connectivity index (χ0v) is 15.8. The van der Waals surface area contributed by atoms with Gasteiger partial charge in [-0.1, -0.05) is 24.6 Å². The van der Waals surface area contributed by atoms with E-state index in [-0.39, 0.29) is 18.4 Å². The van der Waals surface area contributed by atoms with E-state index >= 15 is 0 Å². The van der Waals surface area contributed by atoms with Gasteiger partial charge in [-0.15, -0.1) is 10.2 Å². The van der Waals surface area contributed by atoms with Crippen molar-refractivity contribution in [2.24, 2.45) is 0 Å². The maximum Gasteiger partial charge on any atom is 0.289 e. The number of rotatable bonds is 3. The summed E-state index contributed by atoms with van der Waals surface area (Å²) < 4.78 is 1.89. The first kappa shape index (κ1) is 18.6. The lowest BCUT2D eigenvalue weighted by molar-refractivity contribution is 0.0312. The number of nitrogens with one attached hydrogen (secondary N) is 1. The summed E-state index contributed by atoms with van der Waals surface area (Å²) in [7, 11) is 0. The van der Waals surface area contributed by atoms with Crippen LogP contribution in [0.5, 0.6) is 0 Å². The topological polar surface area (TPSA) is 100 Å². The zero-order valence-electron chi connectivity index (χ0n) is 15.8. The van der Waals surface area contributed by atoms with Crippen LogP contribution in [-0.2, 0) is 13.0 Å². The first-order valence-corrected chi connectivity index (χ1v) is 9.89. The summed E-state index contributed by atoms with van der Waals surface area (Å²) in [5.74, 6) is 0.748. The third-order valence-electron chi connectivity index (χ3n) is 5.52. The SMILES string of the molecule is O=C(N[C@@H]1CCN(C(=O)c2ccccc2)C[C@H]1O)c1nnc2n1CCCCC2. The fraction of sp³-hybridized carbons (Fsp3) is 0.500. The number of aliphatic hydroxyl groups is 1. The Kier molecular flexibility index (Phi) is 5.38. The lowest BCUT2D eigenvalue weighted by atomic mass is 10.0. The van der Waals surface area contributed by atoms with Gasteiger partial charge in [-0.2, -0.15) is 0 Å². The van der Waals surface area contributed by atoms with Crippen molar-refractivity contribution in [1.82, 2.24) is 25.0 Å². The third-order valence-corrected chi connectivity index (χ3v) is 5.52. The van der Waals surface area contributed by atoms with Gasteiger partial charge in [0.25, 0.3) is 11.8 Å². The second kappa shape index (κ2) is 8.10. The van der Waals surface area contributed by atoms with E-state index in [1.807, 2.05) is 22.8 Å². The normalized spacial score (nSPS) is 22.2. The summed E-state index contributed by atoms with van der Waals surface area (Å²) in [5, 5.41) is 21.6. The molecular weight excluding hydrogens is 358 g/mol. The molecule has 0 aliphatic carbocycles. The highest BCUT2D eigenvalue weighted by Crippen LogP contribution is 2.17. The average molecular weight is 383 g/mol. The zero-order chi connectivity index (χ0) is 19.5. The predicted octanol–water partition coefficient (Wildman–Crippen LogP) is 1.01. The van der Waals surface area contributed by atoms with Gasteiger partial charge in [0.1, 0.15) is 5.82 Å². The van der Waals surface area contributed by atoms with E-state index in [9.17, 15) is 14.7 Å². The van der Waals surface area contributed by atoms with Crippen molar-refractivity contribution in [2.45, 2.75) is 50.8 Å². The molecule has 1 aromatic carbocycles. The predicted molar refractivity (Wildman–Crippen MR) is 102 cm³/mol. The number of aryl methyl sites for hydroxylation is 1. The van der Waals surface area contributed by atoms with Crippen LogP contribution in [0.2, 0.25) is 0 Å². The van der Waals surface area contributed by atoms with Crippen LogP contribution in [0, 0.1) is 0 Å². The molecule has 8 nitrogen and oxygen atoms in total. The van der Waals surface area contributed by atoms with Gasteiger partial charge in [0.15, 0.2) is 0 Å². The summed E-state index contributed by atoms with van der Waals surface area (Å²) in [6, 6.07) is 8.61. The van der Waals surface area contributed by atoms with Crippen LogP contribution in [0.4, 0.5) is 0 Å². The smallest absolute Gasteiger partial charge is 0.289 e. The van der Waals surface area contributed by atoms with Crippen molar-refractivity contribution < 1.29 is 14.7 Å². The molecular formula is C20H25N5O3. The summed E-state index contributed by atoms with van der Waals surface area (Å²) >= 11 is 0. The fourth-order valence-electron chi connectivity index (χ4n) is 3.93. The van der Waals surface area contributed by atoms with Gasteiger partial charge in [0.2, 0.25) is 5.82 Å². The number of aromatic nitrogens is 3. The van der Waals surface area contributed by atoms with Crippen molar-refractivity contribution in [2.75, 3.05) is 13.1 Å². The number of amides is 2. The van der Waals surface area contributed by atoms with E-state index in [2.05, 4.69) is 15.5 Å². The van der Waals surface area contributed by atoms with Crippen LogP contribution < -0.4 is 5.32 Å². The Balaban J connectivity index is 1.38. The monoisotopic (exact) mass is 383 g/mol. The van der Waals surface area contributed by atoms with Crippen molar-refractivity contribution in [1.29, 1.82) is 0 Å². The molecule has 8 heteroatoms. The highest BCUT2D eigenvalue weighted by Gasteiger charge is 2.33. The Labute approximate surface area is 163 Å². The molecule has 2 N–H and O–H groups in total. The van der Waals surface area contributed by atoms with Crippen LogP contribution in [0.15, 0.2) is 30.3 Å². The number of hydrogen-bond donors (Lipinski definition) is 2. The molecule has 0 unspecified atom stereocenters. The van der Waals surface area contributed by atoms with E-state index < -0.39 is 12.1 Å². The molecule has 148 valence electrons. The number of β-amino-alcohol motifs (C(OH)–C–C–N with tert-alkyl or cyclic N) is 1. The summed E-state index contributed by atoms with van der Waals surface area (Å²) in [6.45, 7) is 1.42. The Bertz CT molecular complexity index is 851. The number of aliphatic hydroxyl groups excluding tert-OH is 1. The Morgan fingerprint density at radius 2 is 1.89 bits per heavy atom. The van der Waals surface area contributed by atoms with Crippen molar-refractivity contribution in [3.05, 3.63) is 47.5 Å². The first-order valence-electron chi connectivity index (χ1n) is 9.89. The molecule has 0 saturated carbocycles. The van der Waals surface area contributed by atoms with E-state index in [1.54, 1.807) is 17.0 Å². The molecule has 28 heavy (non-hydrogen) atoms. The highest BCUT2D eigenvalue weighted by atomic mass is 16.3. The minimum absolute atomic E-state index is 0.104. The summed E-state index contributed by atoms with van der Waals surface area (Å²) in [6.07, 6.45) is 3.70. The van der Waals surface area contributed by atoms with Crippen LogP contribution in [0.1, 0.15) is 52.5 Å². The van der Waals surface area contributed by atoms with E-state index in [1.165, 1.54) is 0 Å². The molecule has 2 amide bonds. The second-order valence-electron chi connectivity index (χ2n) is 7.46. The van der Waals surface area contributed by atoms with Crippen LogP contribution in [0.3, 0.4) is 0 Å². The van der Waals surface area contributed by atoms with Crippen molar-refractivity contribution >= 4 is 11.8 Å². The van der Waals surface area contributed by atoms with Crippen LogP contribution in [0.25, 0.3) is 0 Å². The van der Waals surface area contributed by atoms with Gasteiger partial charge in [0.05, 0.1) is 12.1 Å². The number of nitrogens with zero attached hydrogens (tertiary/aromatic N) is 4. The number of piperidine rings is 1. The molecule has 1 fully saturated rings. The molecule has 4 rings (SSSR count). The molecule has 2 aromatic rings. The third kappa shape index (κ3) is 3.77. The van der Waals surface area contributed by atoms with Gasteiger partial charge in [-0.3, -0.25) is 9.59 Å². The number of carbonyl (C=O) groups is 2. The maximum atomic E-state index is 12.7. The first-order chi connectivity index (χ1) is 13.6. The molecule has 2 aliphatic rings. The summed E-state index contributed by atoms with van der Waals surface area (Å²) in [5.41, 5.74) is 0.600. The number of fused-ring (bicyclic) bond motifs is 1. The average Bonchev–Trinajstić information content (AvgIpc) is 2.98. The number of likely N-dealkylation sites (tertiary alicyclic amines) is 1. The van der Waals surface area contributed by atoms with Crippen molar-refractivity contribution in [3.63, 3.8) is 0 Å². The standard InChI is InChI=1S/C20H25N5O3/c26-16-13-24(20(28)14-7-3-1-4-8-14)12-10-15(16)21-19(27)18-23-22-17-9-5-2-6-11-25(17)18/h1,3-4,7-8,15-16,26H,2,5-6,9-13H2,(H,21,27)/t15-,16-/m1/s1. The highest BCUT2D eigenvalue weighted by molar-refractivity contribution is 5.94. The number of carbonyl (C=O) groups excluding carboxylic acids is 2. The molecule has 0 radical (unpaired) electrons. The Hall–Kier alpha value is -2.74. The Morgan fingerprint density at radius 1 is 1.07 bits per heavy atom. The largest absolute Gasteiger partial charge is 0.389 e. The molecule has 0 spiro atoms. The maximum absolute atomic E-state index is 12.7. The quantitative estimate of drug-likeness (QED) is 0.824. The fourth-order valence-corrected chi connectivity index (χ4v) is 3.93. The molecule has 0 bridgehead atoms. The molecule has 2 atom stereocenters. The van der Waals surface area contributed by atoms with Gasteiger partial charge in [-0.25, -0.2) is 0 Å². The molecule has 3 heterocycles. The van der Waals surface area contributed by atoms with Gasteiger partial charge in [0, 0.05) is 31.6 Å². The lowest BCUT2D eigenvalue weighted by Crippen LogP contribution is -2.55. The number of benzene rings is 1. The Morgan fingerprint density at radius 3 is 2.68 bits per heavy atom.